The number of carbonyl (C=O) groups is 1. The fourth-order valence-electron chi connectivity index (χ4n) is 2.33. The SMILES string of the molecule is COc1ccccc1-c1cc(=O)c2cccc(C(=O)O)c2o1. The summed E-state index contributed by atoms with van der Waals surface area (Å²) in [6.45, 7) is 0. The average Bonchev–Trinajstić information content (AvgIpc) is 2.54. The zero-order valence-electron chi connectivity index (χ0n) is 11.7. The number of aromatic carboxylic acids is 1. The molecule has 0 aliphatic carbocycles. The van der Waals surface area contributed by atoms with Gasteiger partial charge < -0.3 is 14.3 Å². The highest BCUT2D eigenvalue weighted by atomic mass is 16.5. The molecule has 110 valence electrons. The number of para-hydroxylation sites is 2. The lowest BCUT2D eigenvalue weighted by Gasteiger charge is -2.09. The van der Waals surface area contributed by atoms with Crippen molar-refractivity contribution in [1.29, 1.82) is 0 Å². The third-order valence-corrected chi connectivity index (χ3v) is 3.36. The van der Waals surface area contributed by atoms with E-state index in [0.29, 0.717) is 11.3 Å². The monoisotopic (exact) mass is 296 g/mol. The van der Waals surface area contributed by atoms with Gasteiger partial charge >= 0.3 is 5.97 Å². The van der Waals surface area contributed by atoms with E-state index < -0.39 is 5.97 Å². The van der Waals surface area contributed by atoms with Gasteiger partial charge in [0.2, 0.25) is 0 Å². The molecule has 0 saturated carbocycles. The molecule has 5 nitrogen and oxygen atoms in total. The second-order valence-electron chi connectivity index (χ2n) is 4.66. The van der Waals surface area contributed by atoms with Crippen molar-refractivity contribution >= 4 is 16.9 Å². The zero-order valence-corrected chi connectivity index (χ0v) is 11.7. The highest BCUT2D eigenvalue weighted by Crippen LogP contribution is 2.31. The number of hydrogen-bond donors (Lipinski definition) is 1. The van der Waals surface area contributed by atoms with Gasteiger partial charge in [0.25, 0.3) is 0 Å². The summed E-state index contributed by atoms with van der Waals surface area (Å²) in [4.78, 5) is 23.6. The van der Waals surface area contributed by atoms with Crippen LogP contribution in [0.4, 0.5) is 0 Å². The number of ether oxygens (including phenoxy) is 1. The van der Waals surface area contributed by atoms with E-state index in [1.807, 2.05) is 0 Å². The molecular formula is C17H12O5. The van der Waals surface area contributed by atoms with Crippen LogP contribution in [-0.2, 0) is 0 Å². The summed E-state index contributed by atoms with van der Waals surface area (Å²) in [6.07, 6.45) is 0. The molecule has 0 spiro atoms. The minimum absolute atomic E-state index is 0.0497. The van der Waals surface area contributed by atoms with Crippen LogP contribution >= 0.6 is 0 Å². The van der Waals surface area contributed by atoms with Crippen LogP contribution in [0.15, 0.2) is 57.7 Å². The summed E-state index contributed by atoms with van der Waals surface area (Å²) < 4.78 is 11.0. The number of rotatable bonds is 3. The molecule has 0 fully saturated rings. The normalized spacial score (nSPS) is 10.6. The molecule has 0 bridgehead atoms. The molecular weight excluding hydrogens is 284 g/mol. The van der Waals surface area contributed by atoms with Crippen LogP contribution in [-0.4, -0.2) is 18.2 Å². The Morgan fingerprint density at radius 3 is 2.64 bits per heavy atom. The second-order valence-corrected chi connectivity index (χ2v) is 4.66. The Morgan fingerprint density at radius 1 is 1.14 bits per heavy atom. The van der Waals surface area contributed by atoms with E-state index in [4.69, 9.17) is 9.15 Å². The average molecular weight is 296 g/mol. The zero-order chi connectivity index (χ0) is 15.7. The Labute approximate surface area is 125 Å². The maximum absolute atomic E-state index is 12.3. The van der Waals surface area contributed by atoms with Crippen molar-refractivity contribution in [3.05, 3.63) is 64.3 Å². The predicted molar refractivity (Wildman–Crippen MR) is 81.4 cm³/mol. The largest absolute Gasteiger partial charge is 0.496 e. The van der Waals surface area contributed by atoms with Crippen molar-refractivity contribution in [2.24, 2.45) is 0 Å². The molecule has 3 aromatic rings. The van der Waals surface area contributed by atoms with Crippen molar-refractivity contribution in [2.45, 2.75) is 0 Å². The first kappa shape index (κ1) is 13.9. The van der Waals surface area contributed by atoms with Gasteiger partial charge in [-0.1, -0.05) is 18.2 Å². The number of benzene rings is 2. The first-order chi connectivity index (χ1) is 10.6. The highest BCUT2D eigenvalue weighted by molar-refractivity contribution is 6.01. The van der Waals surface area contributed by atoms with Crippen LogP contribution in [0.1, 0.15) is 10.4 Å². The molecule has 0 saturated heterocycles. The minimum atomic E-state index is -1.15. The van der Waals surface area contributed by atoms with Gasteiger partial charge in [0.05, 0.1) is 18.1 Å². The quantitative estimate of drug-likeness (QED) is 0.803. The molecule has 0 atom stereocenters. The van der Waals surface area contributed by atoms with Gasteiger partial charge in [0.15, 0.2) is 11.0 Å². The number of carboxylic acids is 1. The summed E-state index contributed by atoms with van der Waals surface area (Å²) >= 11 is 0. The van der Waals surface area contributed by atoms with E-state index >= 15 is 0 Å². The minimum Gasteiger partial charge on any atom is -0.496 e. The van der Waals surface area contributed by atoms with Gasteiger partial charge in [0, 0.05) is 6.07 Å². The highest BCUT2D eigenvalue weighted by Gasteiger charge is 2.16. The van der Waals surface area contributed by atoms with E-state index in [-0.39, 0.29) is 27.7 Å². The van der Waals surface area contributed by atoms with Crippen molar-refractivity contribution < 1.29 is 19.1 Å². The summed E-state index contributed by atoms with van der Waals surface area (Å²) in [7, 11) is 1.51. The second kappa shape index (κ2) is 5.37. The molecule has 1 aromatic heterocycles. The Bertz CT molecular complexity index is 924. The van der Waals surface area contributed by atoms with Gasteiger partial charge in [-0.15, -0.1) is 0 Å². The molecule has 1 N–H and O–H groups in total. The van der Waals surface area contributed by atoms with Crippen LogP contribution in [0, 0.1) is 0 Å². The first-order valence-corrected chi connectivity index (χ1v) is 6.55. The van der Waals surface area contributed by atoms with Crippen molar-refractivity contribution in [3.8, 4) is 17.1 Å². The van der Waals surface area contributed by atoms with Gasteiger partial charge in [-0.3, -0.25) is 4.79 Å². The van der Waals surface area contributed by atoms with Gasteiger partial charge in [0.1, 0.15) is 17.1 Å². The Balaban J connectivity index is 2.35. The molecule has 2 aromatic carbocycles. The smallest absolute Gasteiger partial charge is 0.339 e. The summed E-state index contributed by atoms with van der Waals surface area (Å²) in [6, 6.07) is 12.9. The van der Waals surface area contributed by atoms with E-state index in [1.54, 1.807) is 30.3 Å². The summed E-state index contributed by atoms with van der Waals surface area (Å²) in [5.74, 6) is -0.340. The standard InChI is InChI=1S/C17H12O5/c1-21-14-8-3-2-5-11(14)15-9-13(18)10-6-4-7-12(17(19)20)16(10)22-15/h2-9H,1H3,(H,19,20). The van der Waals surface area contributed by atoms with Gasteiger partial charge in [-0.2, -0.15) is 0 Å². The maximum Gasteiger partial charge on any atom is 0.339 e. The number of hydrogen-bond acceptors (Lipinski definition) is 4. The van der Waals surface area contributed by atoms with Crippen LogP contribution in [0.5, 0.6) is 5.75 Å². The Hall–Kier alpha value is -3.08. The van der Waals surface area contributed by atoms with Crippen molar-refractivity contribution in [3.63, 3.8) is 0 Å². The molecule has 0 unspecified atom stereocenters. The van der Waals surface area contributed by atoms with Crippen LogP contribution in [0.3, 0.4) is 0 Å². The maximum atomic E-state index is 12.3. The Kier molecular flexibility index (Phi) is 3.39. The molecule has 0 radical (unpaired) electrons. The molecule has 1 heterocycles. The number of fused-ring (bicyclic) bond motifs is 1. The van der Waals surface area contributed by atoms with Crippen LogP contribution in [0.2, 0.25) is 0 Å². The molecule has 0 aliphatic heterocycles. The number of carboxylic acid groups (broad SMARTS) is 1. The van der Waals surface area contributed by atoms with Gasteiger partial charge in [-0.25, -0.2) is 4.79 Å². The molecule has 3 rings (SSSR count). The Morgan fingerprint density at radius 2 is 1.91 bits per heavy atom. The lowest BCUT2D eigenvalue weighted by molar-refractivity contribution is 0.0698. The first-order valence-electron chi connectivity index (χ1n) is 6.55. The number of methoxy groups -OCH3 is 1. The van der Waals surface area contributed by atoms with E-state index in [2.05, 4.69) is 0 Å². The fourth-order valence-corrected chi connectivity index (χ4v) is 2.33. The summed E-state index contributed by atoms with van der Waals surface area (Å²) in [5.41, 5.74) is 0.296. The topological polar surface area (TPSA) is 76.7 Å². The van der Waals surface area contributed by atoms with Crippen molar-refractivity contribution in [2.75, 3.05) is 7.11 Å². The van der Waals surface area contributed by atoms with Gasteiger partial charge in [-0.05, 0) is 24.3 Å². The molecule has 22 heavy (non-hydrogen) atoms. The van der Waals surface area contributed by atoms with Crippen molar-refractivity contribution in [1.82, 2.24) is 0 Å². The lowest BCUT2D eigenvalue weighted by atomic mass is 10.1. The van der Waals surface area contributed by atoms with E-state index in [1.165, 1.54) is 25.3 Å². The molecule has 0 amide bonds. The molecule has 5 heteroatoms. The van der Waals surface area contributed by atoms with Crippen LogP contribution in [0.25, 0.3) is 22.3 Å². The third kappa shape index (κ3) is 2.22. The van der Waals surface area contributed by atoms with E-state index in [0.717, 1.165) is 0 Å². The lowest BCUT2D eigenvalue weighted by Crippen LogP contribution is -2.05. The molecule has 0 aliphatic rings. The predicted octanol–water partition coefficient (Wildman–Crippen LogP) is 3.17. The van der Waals surface area contributed by atoms with E-state index in [9.17, 15) is 14.7 Å². The summed E-state index contributed by atoms with van der Waals surface area (Å²) in [5, 5.41) is 9.48. The third-order valence-electron chi connectivity index (χ3n) is 3.36. The fraction of sp³-hybridized carbons (Fsp3) is 0.0588. The van der Waals surface area contributed by atoms with Crippen LogP contribution < -0.4 is 10.2 Å².